The summed E-state index contributed by atoms with van der Waals surface area (Å²) in [4.78, 5) is 0. The van der Waals surface area contributed by atoms with Gasteiger partial charge in [-0.05, 0) is 49.1 Å². The first-order valence-corrected chi connectivity index (χ1v) is 7.63. The van der Waals surface area contributed by atoms with Gasteiger partial charge in [0.2, 0.25) is 0 Å². The molecule has 1 N–H and O–H groups in total. The van der Waals surface area contributed by atoms with E-state index in [0.29, 0.717) is 5.92 Å². The number of rotatable bonds is 6. The summed E-state index contributed by atoms with van der Waals surface area (Å²) >= 11 is 0. The van der Waals surface area contributed by atoms with Gasteiger partial charge in [0.05, 0.1) is 13.7 Å². The van der Waals surface area contributed by atoms with E-state index in [9.17, 15) is 0 Å². The second-order valence-corrected chi connectivity index (χ2v) is 6.00. The Morgan fingerprint density at radius 2 is 1.95 bits per heavy atom. The highest BCUT2D eigenvalue weighted by Crippen LogP contribution is 2.47. The third-order valence-electron chi connectivity index (χ3n) is 4.36. The van der Waals surface area contributed by atoms with Crippen molar-refractivity contribution in [3.05, 3.63) is 53.5 Å². The molecule has 1 fully saturated rings. The van der Waals surface area contributed by atoms with Gasteiger partial charge in [-0.2, -0.15) is 0 Å². The summed E-state index contributed by atoms with van der Waals surface area (Å²) < 4.78 is 11.1. The highest BCUT2D eigenvalue weighted by atomic mass is 16.5. The SMILES string of the molecule is COc1ccc([C@@H](C)NCc2ccc(C3CC3C)o2)cc1. The molecule has 1 aromatic heterocycles. The standard InChI is InChI=1S/C18H23NO2/c1-12-10-17(12)18-9-8-16(21-18)11-19-13(2)14-4-6-15(20-3)7-5-14/h4-9,12-13,17,19H,10-11H2,1-3H3/t12?,13-,17?/m1/s1. The molecule has 0 bridgehead atoms. The minimum Gasteiger partial charge on any atom is -0.497 e. The van der Waals surface area contributed by atoms with E-state index in [1.165, 1.54) is 12.0 Å². The molecule has 1 aromatic carbocycles. The summed E-state index contributed by atoms with van der Waals surface area (Å²) in [6.45, 7) is 5.19. The van der Waals surface area contributed by atoms with Crippen molar-refractivity contribution in [2.45, 2.75) is 38.8 Å². The summed E-state index contributed by atoms with van der Waals surface area (Å²) in [5.74, 6) is 4.49. The molecule has 1 aliphatic carbocycles. The Bertz CT molecular complexity index is 588. The smallest absolute Gasteiger partial charge is 0.118 e. The molecule has 112 valence electrons. The van der Waals surface area contributed by atoms with Crippen LogP contribution in [-0.4, -0.2) is 7.11 Å². The maximum Gasteiger partial charge on any atom is 0.118 e. The molecular weight excluding hydrogens is 262 g/mol. The molecule has 3 rings (SSSR count). The van der Waals surface area contributed by atoms with Crippen LogP contribution in [0.5, 0.6) is 5.75 Å². The van der Waals surface area contributed by atoms with Crippen LogP contribution in [-0.2, 0) is 6.54 Å². The lowest BCUT2D eigenvalue weighted by Crippen LogP contribution is -2.17. The summed E-state index contributed by atoms with van der Waals surface area (Å²) in [5.41, 5.74) is 1.25. The van der Waals surface area contributed by atoms with Crippen LogP contribution in [0.3, 0.4) is 0 Å². The van der Waals surface area contributed by atoms with E-state index in [2.05, 4.69) is 43.4 Å². The molecule has 1 aliphatic rings. The van der Waals surface area contributed by atoms with Gasteiger partial charge in [-0.3, -0.25) is 0 Å². The summed E-state index contributed by atoms with van der Waals surface area (Å²) in [6.07, 6.45) is 1.27. The van der Waals surface area contributed by atoms with E-state index in [-0.39, 0.29) is 6.04 Å². The van der Waals surface area contributed by atoms with Crippen molar-refractivity contribution in [2.24, 2.45) is 5.92 Å². The zero-order valence-electron chi connectivity index (χ0n) is 12.9. The Balaban J connectivity index is 1.55. The third-order valence-corrected chi connectivity index (χ3v) is 4.36. The molecule has 3 heteroatoms. The van der Waals surface area contributed by atoms with Gasteiger partial charge in [0.15, 0.2) is 0 Å². The van der Waals surface area contributed by atoms with Gasteiger partial charge < -0.3 is 14.5 Å². The Kier molecular flexibility index (Phi) is 4.02. The first-order chi connectivity index (χ1) is 10.2. The number of hydrogen-bond acceptors (Lipinski definition) is 3. The van der Waals surface area contributed by atoms with Crippen molar-refractivity contribution in [2.75, 3.05) is 7.11 Å². The quantitative estimate of drug-likeness (QED) is 0.861. The number of methoxy groups -OCH3 is 1. The minimum atomic E-state index is 0.282. The van der Waals surface area contributed by atoms with E-state index in [1.807, 2.05) is 12.1 Å². The number of furan rings is 1. The van der Waals surface area contributed by atoms with Gasteiger partial charge in [0, 0.05) is 12.0 Å². The normalized spacial score (nSPS) is 22.0. The fourth-order valence-electron chi connectivity index (χ4n) is 2.67. The molecule has 21 heavy (non-hydrogen) atoms. The topological polar surface area (TPSA) is 34.4 Å². The lowest BCUT2D eigenvalue weighted by Gasteiger charge is -2.13. The number of benzene rings is 1. The maximum absolute atomic E-state index is 5.92. The molecule has 3 nitrogen and oxygen atoms in total. The van der Waals surface area contributed by atoms with E-state index in [4.69, 9.17) is 9.15 Å². The molecule has 1 heterocycles. The van der Waals surface area contributed by atoms with Crippen LogP contribution in [0.1, 0.15) is 49.3 Å². The van der Waals surface area contributed by atoms with Gasteiger partial charge in [-0.1, -0.05) is 19.1 Å². The fourth-order valence-corrected chi connectivity index (χ4v) is 2.67. The van der Waals surface area contributed by atoms with Crippen LogP contribution in [0, 0.1) is 5.92 Å². The van der Waals surface area contributed by atoms with Gasteiger partial charge in [0.1, 0.15) is 17.3 Å². The number of nitrogens with one attached hydrogen (secondary N) is 1. The van der Waals surface area contributed by atoms with E-state index in [1.54, 1.807) is 7.11 Å². The first-order valence-electron chi connectivity index (χ1n) is 7.63. The molecule has 3 atom stereocenters. The van der Waals surface area contributed by atoms with Crippen molar-refractivity contribution < 1.29 is 9.15 Å². The Labute approximate surface area is 126 Å². The van der Waals surface area contributed by atoms with E-state index < -0.39 is 0 Å². The predicted octanol–water partition coefficient (Wildman–Crippen LogP) is 4.26. The third kappa shape index (κ3) is 3.30. The van der Waals surface area contributed by atoms with Gasteiger partial charge in [-0.15, -0.1) is 0 Å². The minimum absolute atomic E-state index is 0.282. The predicted molar refractivity (Wildman–Crippen MR) is 83.5 cm³/mol. The average molecular weight is 285 g/mol. The molecule has 0 saturated heterocycles. The van der Waals surface area contributed by atoms with Crippen LogP contribution in [0.25, 0.3) is 0 Å². The van der Waals surface area contributed by atoms with Crippen LogP contribution >= 0.6 is 0 Å². The lowest BCUT2D eigenvalue weighted by molar-refractivity contribution is 0.413. The number of hydrogen-bond donors (Lipinski definition) is 1. The lowest BCUT2D eigenvalue weighted by atomic mass is 10.1. The van der Waals surface area contributed by atoms with Crippen LogP contribution in [0.15, 0.2) is 40.8 Å². The van der Waals surface area contributed by atoms with Crippen LogP contribution < -0.4 is 10.1 Å². The number of ether oxygens (including phenoxy) is 1. The molecule has 0 spiro atoms. The van der Waals surface area contributed by atoms with Crippen molar-refractivity contribution in [3.8, 4) is 5.75 Å². The van der Waals surface area contributed by atoms with Gasteiger partial charge >= 0.3 is 0 Å². The van der Waals surface area contributed by atoms with Gasteiger partial charge in [0.25, 0.3) is 0 Å². The Hall–Kier alpha value is -1.74. The zero-order chi connectivity index (χ0) is 14.8. The highest BCUT2D eigenvalue weighted by molar-refractivity contribution is 5.28. The highest BCUT2D eigenvalue weighted by Gasteiger charge is 2.36. The molecule has 2 aromatic rings. The second kappa shape index (κ2) is 5.94. The Morgan fingerprint density at radius 1 is 1.24 bits per heavy atom. The zero-order valence-corrected chi connectivity index (χ0v) is 12.9. The van der Waals surface area contributed by atoms with E-state index >= 15 is 0 Å². The molecular formula is C18H23NO2. The van der Waals surface area contributed by atoms with Gasteiger partial charge in [-0.25, -0.2) is 0 Å². The van der Waals surface area contributed by atoms with Crippen molar-refractivity contribution >= 4 is 0 Å². The summed E-state index contributed by atoms with van der Waals surface area (Å²) in [7, 11) is 1.69. The second-order valence-electron chi connectivity index (χ2n) is 6.00. The molecule has 1 saturated carbocycles. The monoisotopic (exact) mass is 285 g/mol. The van der Waals surface area contributed by atoms with Crippen molar-refractivity contribution in [1.29, 1.82) is 0 Å². The van der Waals surface area contributed by atoms with Crippen molar-refractivity contribution in [1.82, 2.24) is 5.32 Å². The maximum atomic E-state index is 5.92. The molecule has 2 unspecified atom stereocenters. The van der Waals surface area contributed by atoms with Crippen molar-refractivity contribution in [3.63, 3.8) is 0 Å². The fraction of sp³-hybridized carbons (Fsp3) is 0.444. The van der Waals surface area contributed by atoms with Crippen LogP contribution in [0.2, 0.25) is 0 Å². The molecule has 0 radical (unpaired) electrons. The molecule has 0 amide bonds. The molecule has 0 aliphatic heterocycles. The van der Waals surface area contributed by atoms with Crippen LogP contribution in [0.4, 0.5) is 0 Å². The average Bonchev–Trinajstić information content (AvgIpc) is 3.06. The first kappa shape index (κ1) is 14.2. The summed E-state index contributed by atoms with van der Waals surface area (Å²) in [6, 6.07) is 12.7. The summed E-state index contributed by atoms with van der Waals surface area (Å²) in [5, 5.41) is 3.50. The largest absolute Gasteiger partial charge is 0.497 e. The Morgan fingerprint density at radius 3 is 2.57 bits per heavy atom. The van der Waals surface area contributed by atoms with E-state index in [0.717, 1.165) is 29.7 Å².